The lowest BCUT2D eigenvalue weighted by atomic mass is 10.2. The number of aromatic nitrogens is 1. The second-order valence-electron chi connectivity index (χ2n) is 3.27. The van der Waals surface area contributed by atoms with Crippen molar-refractivity contribution in [3.05, 3.63) is 45.9 Å². The van der Waals surface area contributed by atoms with Crippen LogP contribution in [0.15, 0.2) is 40.3 Å². The van der Waals surface area contributed by atoms with Gasteiger partial charge in [-0.05, 0) is 17.7 Å². The number of carbonyl (C=O) groups is 1. The Morgan fingerprint density at radius 1 is 1.47 bits per heavy atom. The van der Waals surface area contributed by atoms with Gasteiger partial charge in [0.2, 0.25) is 0 Å². The minimum Gasteiger partial charge on any atom is -0.334 e. The monoisotopic (exact) mass is 311 g/mol. The Hall–Kier alpha value is -1.40. The molecule has 2 N–H and O–H groups in total. The van der Waals surface area contributed by atoms with E-state index in [9.17, 15) is 4.79 Å². The Morgan fingerprint density at radius 3 is 3.06 bits per heavy atom. The van der Waals surface area contributed by atoms with Gasteiger partial charge in [0.25, 0.3) is 0 Å². The molecule has 1 heterocycles. The number of thiazole rings is 1. The van der Waals surface area contributed by atoms with Crippen molar-refractivity contribution in [1.29, 1.82) is 0 Å². The Morgan fingerprint density at radius 2 is 2.35 bits per heavy atom. The predicted molar refractivity (Wildman–Crippen MR) is 72.1 cm³/mol. The van der Waals surface area contributed by atoms with Crippen molar-refractivity contribution < 1.29 is 4.79 Å². The first-order chi connectivity index (χ1) is 8.24. The van der Waals surface area contributed by atoms with Gasteiger partial charge in [-0.25, -0.2) is 9.78 Å². The van der Waals surface area contributed by atoms with Gasteiger partial charge in [0.05, 0.1) is 0 Å². The van der Waals surface area contributed by atoms with Crippen LogP contribution in [0, 0.1) is 0 Å². The zero-order chi connectivity index (χ0) is 12.1. The first-order valence-electron chi connectivity index (χ1n) is 4.93. The van der Waals surface area contributed by atoms with Gasteiger partial charge in [-0.2, -0.15) is 0 Å². The number of rotatable bonds is 3. The fourth-order valence-electron chi connectivity index (χ4n) is 1.26. The molecule has 2 aromatic rings. The van der Waals surface area contributed by atoms with Crippen LogP contribution in [-0.4, -0.2) is 11.0 Å². The number of nitrogens with one attached hydrogen (secondary N) is 2. The molecular formula is C11H10BrN3OS. The zero-order valence-corrected chi connectivity index (χ0v) is 11.2. The lowest BCUT2D eigenvalue weighted by Gasteiger charge is -2.05. The summed E-state index contributed by atoms with van der Waals surface area (Å²) in [7, 11) is 0. The summed E-state index contributed by atoms with van der Waals surface area (Å²) in [4.78, 5) is 15.5. The van der Waals surface area contributed by atoms with Crippen LogP contribution in [0.3, 0.4) is 0 Å². The molecule has 1 aromatic heterocycles. The second kappa shape index (κ2) is 5.79. The normalized spacial score (nSPS) is 9.94. The number of benzene rings is 1. The smallest absolute Gasteiger partial charge is 0.321 e. The Kier molecular flexibility index (Phi) is 4.11. The molecule has 88 valence electrons. The average molecular weight is 312 g/mol. The molecule has 0 atom stereocenters. The third-order valence-corrected chi connectivity index (χ3v) is 3.18. The summed E-state index contributed by atoms with van der Waals surface area (Å²) in [5, 5.41) is 7.82. The molecule has 0 saturated heterocycles. The lowest BCUT2D eigenvalue weighted by Crippen LogP contribution is -2.28. The first kappa shape index (κ1) is 12.1. The van der Waals surface area contributed by atoms with Crippen LogP contribution in [-0.2, 0) is 6.54 Å². The number of urea groups is 1. The molecule has 4 nitrogen and oxygen atoms in total. The van der Waals surface area contributed by atoms with Crippen molar-refractivity contribution in [2.24, 2.45) is 0 Å². The molecule has 0 aliphatic carbocycles. The molecule has 6 heteroatoms. The van der Waals surface area contributed by atoms with Crippen molar-refractivity contribution in [3.8, 4) is 0 Å². The highest BCUT2D eigenvalue weighted by molar-refractivity contribution is 9.10. The largest absolute Gasteiger partial charge is 0.334 e. The summed E-state index contributed by atoms with van der Waals surface area (Å²) in [5.41, 5.74) is 1.04. The van der Waals surface area contributed by atoms with E-state index in [0.717, 1.165) is 10.0 Å². The highest BCUT2D eigenvalue weighted by atomic mass is 79.9. The Bertz CT molecular complexity index is 501. The highest BCUT2D eigenvalue weighted by Crippen LogP contribution is 2.12. The number of carbonyl (C=O) groups excluding carboxylic acids is 1. The Balaban J connectivity index is 1.84. The van der Waals surface area contributed by atoms with Crippen molar-refractivity contribution >= 4 is 38.4 Å². The molecule has 0 saturated carbocycles. The van der Waals surface area contributed by atoms with Crippen LogP contribution in [0.25, 0.3) is 0 Å². The zero-order valence-electron chi connectivity index (χ0n) is 8.81. The molecule has 0 aliphatic rings. The standard InChI is InChI=1S/C11H10BrN3OS/c12-9-3-1-2-8(6-9)7-14-10(16)15-11-13-4-5-17-11/h1-6H,7H2,(H2,13,14,15,16). The minimum absolute atomic E-state index is 0.250. The van der Waals surface area contributed by atoms with Crippen LogP contribution >= 0.6 is 27.3 Å². The summed E-state index contributed by atoms with van der Waals surface area (Å²) < 4.78 is 0.997. The minimum atomic E-state index is -0.250. The molecular weight excluding hydrogens is 302 g/mol. The van der Waals surface area contributed by atoms with E-state index in [1.165, 1.54) is 11.3 Å². The van der Waals surface area contributed by atoms with Gasteiger partial charge < -0.3 is 5.32 Å². The van der Waals surface area contributed by atoms with Crippen LogP contribution in [0.4, 0.5) is 9.93 Å². The van der Waals surface area contributed by atoms with Crippen LogP contribution in [0.5, 0.6) is 0 Å². The van der Waals surface area contributed by atoms with Crippen LogP contribution in [0.1, 0.15) is 5.56 Å². The van der Waals surface area contributed by atoms with E-state index in [-0.39, 0.29) is 6.03 Å². The number of nitrogens with zero attached hydrogens (tertiary/aromatic N) is 1. The van der Waals surface area contributed by atoms with E-state index < -0.39 is 0 Å². The number of anilines is 1. The molecule has 0 aliphatic heterocycles. The van der Waals surface area contributed by atoms with Gasteiger partial charge in [-0.3, -0.25) is 5.32 Å². The molecule has 1 aromatic carbocycles. The fraction of sp³-hybridized carbons (Fsp3) is 0.0909. The maximum Gasteiger partial charge on any atom is 0.321 e. The summed E-state index contributed by atoms with van der Waals surface area (Å²) >= 11 is 4.77. The molecule has 0 spiro atoms. The van der Waals surface area contributed by atoms with Crippen LogP contribution < -0.4 is 10.6 Å². The quantitative estimate of drug-likeness (QED) is 0.914. The van der Waals surface area contributed by atoms with Gasteiger partial charge in [0.15, 0.2) is 5.13 Å². The molecule has 2 amide bonds. The third-order valence-electron chi connectivity index (χ3n) is 1.99. The first-order valence-corrected chi connectivity index (χ1v) is 6.60. The van der Waals surface area contributed by atoms with Gasteiger partial charge in [0.1, 0.15) is 0 Å². The molecule has 0 bridgehead atoms. The Labute approximate surface area is 111 Å². The summed E-state index contributed by atoms with van der Waals surface area (Å²) in [6.45, 7) is 0.483. The maximum atomic E-state index is 11.5. The molecule has 0 unspecified atom stereocenters. The van der Waals surface area contributed by atoms with Crippen molar-refractivity contribution in [3.63, 3.8) is 0 Å². The predicted octanol–water partition coefficient (Wildman–Crippen LogP) is 3.23. The molecule has 0 fully saturated rings. The highest BCUT2D eigenvalue weighted by Gasteiger charge is 2.03. The van der Waals surface area contributed by atoms with E-state index >= 15 is 0 Å². The molecule has 2 rings (SSSR count). The van der Waals surface area contributed by atoms with E-state index in [4.69, 9.17) is 0 Å². The number of hydrogen-bond acceptors (Lipinski definition) is 3. The van der Waals surface area contributed by atoms with Crippen LogP contribution in [0.2, 0.25) is 0 Å². The average Bonchev–Trinajstić information content (AvgIpc) is 2.79. The van der Waals surface area contributed by atoms with Gasteiger partial charge in [-0.15, -0.1) is 11.3 Å². The summed E-state index contributed by atoms with van der Waals surface area (Å²) in [6, 6.07) is 7.54. The van der Waals surface area contributed by atoms with Crippen molar-refractivity contribution in [1.82, 2.24) is 10.3 Å². The molecule has 0 radical (unpaired) electrons. The fourth-order valence-corrected chi connectivity index (χ4v) is 2.23. The number of amides is 2. The lowest BCUT2D eigenvalue weighted by molar-refractivity contribution is 0.251. The third kappa shape index (κ3) is 3.83. The summed E-state index contributed by atoms with van der Waals surface area (Å²) in [6.07, 6.45) is 1.65. The van der Waals surface area contributed by atoms with E-state index in [2.05, 4.69) is 31.5 Å². The van der Waals surface area contributed by atoms with Crippen molar-refractivity contribution in [2.45, 2.75) is 6.54 Å². The maximum absolute atomic E-state index is 11.5. The molecule has 17 heavy (non-hydrogen) atoms. The topological polar surface area (TPSA) is 54.0 Å². The van der Waals surface area contributed by atoms with E-state index in [1.807, 2.05) is 29.6 Å². The second-order valence-corrected chi connectivity index (χ2v) is 5.09. The number of halogens is 1. The van der Waals surface area contributed by atoms with Gasteiger partial charge in [0, 0.05) is 22.6 Å². The van der Waals surface area contributed by atoms with Gasteiger partial charge >= 0.3 is 6.03 Å². The SMILES string of the molecule is O=C(NCc1cccc(Br)c1)Nc1nccs1. The number of hydrogen-bond donors (Lipinski definition) is 2. The van der Waals surface area contributed by atoms with E-state index in [0.29, 0.717) is 11.7 Å². The van der Waals surface area contributed by atoms with E-state index in [1.54, 1.807) is 6.20 Å². The summed E-state index contributed by atoms with van der Waals surface area (Å²) in [5.74, 6) is 0. The van der Waals surface area contributed by atoms with Gasteiger partial charge in [-0.1, -0.05) is 28.1 Å². The van der Waals surface area contributed by atoms with Crippen molar-refractivity contribution in [2.75, 3.05) is 5.32 Å².